The van der Waals surface area contributed by atoms with Crippen LogP contribution in [0.4, 0.5) is 5.69 Å². The molecule has 4 nitrogen and oxygen atoms in total. The summed E-state index contributed by atoms with van der Waals surface area (Å²) < 4.78 is 0. The number of nitrogens with two attached hydrogens (primary N) is 1. The molecule has 0 aromatic heterocycles. The van der Waals surface area contributed by atoms with Crippen LogP contribution < -0.4 is 10.6 Å². The fourth-order valence-electron chi connectivity index (χ4n) is 2.40. The molecule has 19 heavy (non-hydrogen) atoms. The molecule has 5 heteroatoms. The summed E-state index contributed by atoms with van der Waals surface area (Å²) in [6.45, 7) is 2.06. The lowest BCUT2D eigenvalue weighted by atomic mass is 10.1. The van der Waals surface area contributed by atoms with E-state index in [-0.39, 0.29) is 23.6 Å². The van der Waals surface area contributed by atoms with E-state index in [9.17, 15) is 9.59 Å². The highest BCUT2D eigenvalue weighted by Crippen LogP contribution is 2.32. The monoisotopic (exact) mass is 278 g/mol. The number of hydrogen-bond donors (Lipinski definition) is 1. The van der Waals surface area contributed by atoms with Crippen LogP contribution >= 0.6 is 11.8 Å². The van der Waals surface area contributed by atoms with Gasteiger partial charge in [0, 0.05) is 23.9 Å². The molecule has 1 aromatic rings. The van der Waals surface area contributed by atoms with E-state index in [0.29, 0.717) is 12.2 Å². The van der Waals surface area contributed by atoms with Crippen LogP contribution in [0.15, 0.2) is 24.3 Å². The number of benzene rings is 1. The van der Waals surface area contributed by atoms with Gasteiger partial charge < -0.3 is 10.6 Å². The molecule has 0 radical (unpaired) electrons. The number of nitrogens with zero attached hydrogens (tertiary/aromatic N) is 1. The minimum Gasteiger partial charge on any atom is -0.369 e. The molecule has 1 aliphatic heterocycles. The van der Waals surface area contributed by atoms with Crippen LogP contribution in [0.3, 0.4) is 0 Å². The highest BCUT2D eigenvalue weighted by atomic mass is 32.2. The Morgan fingerprint density at radius 3 is 2.89 bits per heavy atom. The van der Waals surface area contributed by atoms with Gasteiger partial charge in [-0.25, -0.2) is 0 Å². The summed E-state index contributed by atoms with van der Waals surface area (Å²) in [5.74, 6) is 0.693. The number of hydrogen-bond acceptors (Lipinski definition) is 3. The fraction of sp³-hybridized carbons (Fsp3) is 0.429. The standard InChI is InChI=1S/C14H18N2O2S/c1-10-8-11-4-2-3-5-12(11)16(10)14(18)6-7-19-9-13(15)17/h2-5,10H,6-9H2,1H3,(H2,15,17)/t10-/m1/s1. The van der Waals surface area contributed by atoms with Crippen molar-refractivity contribution in [3.8, 4) is 0 Å². The Hall–Kier alpha value is -1.49. The molecule has 0 saturated carbocycles. The predicted octanol–water partition coefficient (Wildman–Crippen LogP) is 1.57. The van der Waals surface area contributed by atoms with Gasteiger partial charge in [-0.15, -0.1) is 0 Å². The zero-order valence-electron chi connectivity index (χ0n) is 11.0. The van der Waals surface area contributed by atoms with Crippen molar-refractivity contribution in [2.75, 3.05) is 16.4 Å². The van der Waals surface area contributed by atoms with Crippen LogP contribution in [0.2, 0.25) is 0 Å². The molecule has 0 bridgehead atoms. The van der Waals surface area contributed by atoms with E-state index in [2.05, 4.69) is 13.0 Å². The van der Waals surface area contributed by atoms with Crippen molar-refractivity contribution in [1.29, 1.82) is 0 Å². The summed E-state index contributed by atoms with van der Waals surface area (Å²) >= 11 is 1.41. The highest BCUT2D eigenvalue weighted by molar-refractivity contribution is 7.99. The molecule has 1 heterocycles. The lowest BCUT2D eigenvalue weighted by molar-refractivity contribution is -0.118. The Morgan fingerprint density at radius 1 is 1.42 bits per heavy atom. The van der Waals surface area contributed by atoms with Gasteiger partial charge in [0.05, 0.1) is 5.75 Å². The maximum atomic E-state index is 12.3. The SMILES string of the molecule is C[C@@H]1Cc2ccccc2N1C(=O)CCSCC(N)=O. The molecule has 2 amide bonds. The van der Waals surface area contributed by atoms with Crippen molar-refractivity contribution in [3.05, 3.63) is 29.8 Å². The van der Waals surface area contributed by atoms with Crippen LogP contribution in [-0.4, -0.2) is 29.4 Å². The van der Waals surface area contributed by atoms with Crippen molar-refractivity contribution in [3.63, 3.8) is 0 Å². The van der Waals surface area contributed by atoms with Crippen LogP contribution in [0, 0.1) is 0 Å². The Kier molecular flexibility index (Phi) is 4.47. The summed E-state index contributed by atoms with van der Waals surface area (Å²) in [5.41, 5.74) is 7.32. The zero-order chi connectivity index (χ0) is 13.8. The van der Waals surface area contributed by atoms with Crippen molar-refractivity contribution in [2.24, 2.45) is 5.73 Å². The largest absolute Gasteiger partial charge is 0.369 e. The summed E-state index contributed by atoms with van der Waals surface area (Å²) in [6, 6.07) is 8.24. The maximum Gasteiger partial charge on any atom is 0.228 e. The number of primary amides is 1. The molecule has 0 saturated heterocycles. The normalized spacial score (nSPS) is 17.3. The number of fused-ring (bicyclic) bond motifs is 1. The van der Waals surface area contributed by atoms with Crippen molar-refractivity contribution < 1.29 is 9.59 Å². The van der Waals surface area contributed by atoms with E-state index in [1.165, 1.54) is 17.3 Å². The van der Waals surface area contributed by atoms with E-state index < -0.39 is 0 Å². The molecule has 1 aromatic carbocycles. The minimum atomic E-state index is -0.336. The van der Waals surface area contributed by atoms with Crippen LogP contribution in [-0.2, 0) is 16.0 Å². The van der Waals surface area contributed by atoms with Gasteiger partial charge in [-0.05, 0) is 25.0 Å². The van der Waals surface area contributed by atoms with E-state index in [1.807, 2.05) is 23.1 Å². The minimum absolute atomic E-state index is 0.120. The van der Waals surface area contributed by atoms with Gasteiger partial charge in [-0.3, -0.25) is 9.59 Å². The Balaban J connectivity index is 1.94. The average Bonchev–Trinajstić information content (AvgIpc) is 2.70. The van der Waals surface area contributed by atoms with E-state index in [1.54, 1.807) is 0 Å². The Morgan fingerprint density at radius 2 is 2.16 bits per heavy atom. The van der Waals surface area contributed by atoms with Gasteiger partial charge in [0.15, 0.2) is 0 Å². The number of carbonyl (C=O) groups is 2. The first-order valence-electron chi connectivity index (χ1n) is 6.35. The molecule has 1 aliphatic rings. The third kappa shape index (κ3) is 3.29. The maximum absolute atomic E-state index is 12.3. The topological polar surface area (TPSA) is 63.4 Å². The predicted molar refractivity (Wildman–Crippen MR) is 78.2 cm³/mol. The summed E-state index contributed by atoms with van der Waals surface area (Å²) in [7, 11) is 0. The van der Waals surface area contributed by atoms with E-state index in [0.717, 1.165) is 12.1 Å². The van der Waals surface area contributed by atoms with E-state index in [4.69, 9.17) is 5.73 Å². The van der Waals surface area contributed by atoms with Crippen molar-refractivity contribution in [2.45, 2.75) is 25.8 Å². The summed E-state index contributed by atoms with van der Waals surface area (Å²) in [6.07, 6.45) is 1.35. The molecule has 1 atom stereocenters. The number of anilines is 1. The second kappa shape index (κ2) is 6.10. The molecule has 0 aliphatic carbocycles. The molecule has 0 spiro atoms. The second-order valence-electron chi connectivity index (χ2n) is 4.71. The van der Waals surface area contributed by atoms with Gasteiger partial charge in [-0.1, -0.05) is 18.2 Å². The van der Waals surface area contributed by atoms with Crippen LogP contribution in [0.1, 0.15) is 18.9 Å². The fourth-order valence-corrected chi connectivity index (χ4v) is 3.06. The third-order valence-corrected chi connectivity index (χ3v) is 4.16. The van der Waals surface area contributed by atoms with Crippen LogP contribution in [0.25, 0.3) is 0 Å². The van der Waals surface area contributed by atoms with Crippen LogP contribution in [0.5, 0.6) is 0 Å². The first-order chi connectivity index (χ1) is 9.09. The molecule has 0 fully saturated rings. The molecular weight excluding hydrogens is 260 g/mol. The van der Waals surface area contributed by atoms with E-state index >= 15 is 0 Å². The quantitative estimate of drug-likeness (QED) is 0.832. The Labute approximate surface area is 117 Å². The number of para-hydroxylation sites is 1. The van der Waals surface area contributed by atoms with Gasteiger partial charge in [0.2, 0.25) is 11.8 Å². The smallest absolute Gasteiger partial charge is 0.228 e. The third-order valence-electron chi connectivity index (χ3n) is 3.18. The van der Waals surface area contributed by atoms with Gasteiger partial charge in [0.1, 0.15) is 0 Å². The summed E-state index contributed by atoms with van der Waals surface area (Å²) in [4.78, 5) is 24.8. The summed E-state index contributed by atoms with van der Waals surface area (Å²) in [5, 5.41) is 0. The second-order valence-corrected chi connectivity index (χ2v) is 5.82. The van der Waals surface area contributed by atoms with Gasteiger partial charge in [0.25, 0.3) is 0 Å². The van der Waals surface area contributed by atoms with Crippen molar-refractivity contribution >= 4 is 29.3 Å². The number of thioether (sulfide) groups is 1. The first kappa shape index (κ1) is 13.9. The molecule has 102 valence electrons. The molecular formula is C14H18N2O2S. The number of carbonyl (C=O) groups excluding carboxylic acids is 2. The Bertz CT molecular complexity index is 490. The highest BCUT2D eigenvalue weighted by Gasteiger charge is 2.29. The lowest BCUT2D eigenvalue weighted by Gasteiger charge is -2.22. The zero-order valence-corrected chi connectivity index (χ0v) is 11.8. The first-order valence-corrected chi connectivity index (χ1v) is 7.51. The molecule has 0 unspecified atom stereocenters. The van der Waals surface area contributed by atoms with Gasteiger partial charge >= 0.3 is 0 Å². The van der Waals surface area contributed by atoms with Gasteiger partial charge in [-0.2, -0.15) is 11.8 Å². The average molecular weight is 278 g/mol. The molecule has 2 N–H and O–H groups in total. The molecule has 2 rings (SSSR count). The number of rotatable bonds is 5. The number of amides is 2. The van der Waals surface area contributed by atoms with Crippen molar-refractivity contribution in [1.82, 2.24) is 0 Å². The lowest BCUT2D eigenvalue weighted by Crippen LogP contribution is -2.35.